The Morgan fingerprint density at radius 3 is 2.53 bits per heavy atom. The van der Waals surface area contributed by atoms with Crippen LogP contribution in [0.25, 0.3) is 0 Å². The number of esters is 1. The highest BCUT2D eigenvalue weighted by molar-refractivity contribution is 5.96. The van der Waals surface area contributed by atoms with Gasteiger partial charge in [-0.15, -0.1) is 0 Å². The zero-order valence-corrected chi connectivity index (χ0v) is 9.16. The van der Waals surface area contributed by atoms with E-state index in [1.54, 1.807) is 0 Å². The van der Waals surface area contributed by atoms with Gasteiger partial charge in [0.15, 0.2) is 0 Å². The van der Waals surface area contributed by atoms with Crippen molar-refractivity contribution in [3.63, 3.8) is 0 Å². The molecule has 1 aromatic carbocycles. The molecule has 0 radical (unpaired) electrons. The monoisotopic (exact) mass is 244 g/mol. The first-order valence-corrected chi connectivity index (χ1v) is 4.87. The summed E-state index contributed by atoms with van der Waals surface area (Å²) in [5.74, 6) is -2.70. The van der Waals surface area contributed by atoms with Crippen LogP contribution in [-0.2, 0) is 4.74 Å². The fourth-order valence-electron chi connectivity index (χ4n) is 1.59. The zero-order chi connectivity index (χ0) is 12.8. The molecular weight excluding hydrogens is 234 g/mol. The minimum Gasteiger partial charge on any atom is -0.507 e. The van der Waals surface area contributed by atoms with Gasteiger partial charge in [0.2, 0.25) is 5.79 Å². The van der Waals surface area contributed by atoms with E-state index in [-0.39, 0.29) is 11.3 Å². The van der Waals surface area contributed by atoms with Crippen LogP contribution < -0.4 is 4.74 Å². The maximum atomic E-state index is 12.5. The zero-order valence-electron chi connectivity index (χ0n) is 9.16. The molecule has 92 valence electrons. The molecule has 1 aliphatic rings. The number of phenolic OH excluding ortho intramolecular Hbond substituents is 1. The van der Waals surface area contributed by atoms with Crippen molar-refractivity contribution in [1.29, 1.82) is 0 Å². The predicted octanol–water partition coefficient (Wildman–Crippen LogP) is 2.62. The Hall–Kier alpha value is -1.85. The highest BCUT2D eigenvalue weighted by Crippen LogP contribution is 2.39. The van der Waals surface area contributed by atoms with Gasteiger partial charge in [-0.2, -0.15) is 0 Å². The number of carbonyl (C=O) groups excluding carboxylic acids is 1. The van der Waals surface area contributed by atoms with Crippen molar-refractivity contribution in [3.8, 4) is 11.5 Å². The van der Waals surface area contributed by atoms with Gasteiger partial charge in [-0.1, -0.05) is 0 Å². The number of rotatable bonds is 1. The number of hydrogen-bond donors (Lipinski definition) is 1. The second kappa shape index (κ2) is 3.58. The lowest BCUT2D eigenvalue weighted by Crippen LogP contribution is -2.38. The van der Waals surface area contributed by atoms with E-state index in [1.807, 2.05) is 0 Å². The molecule has 1 N–H and O–H groups in total. The minimum absolute atomic E-state index is 0.0958. The maximum Gasteiger partial charge on any atom is 0.349 e. The molecule has 1 aliphatic heterocycles. The summed E-state index contributed by atoms with van der Waals surface area (Å²) in [5.41, 5.74) is -0.638. The van der Waals surface area contributed by atoms with E-state index in [0.29, 0.717) is 0 Å². The van der Waals surface area contributed by atoms with E-state index in [4.69, 9.17) is 9.47 Å². The second-order valence-electron chi connectivity index (χ2n) is 4.11. The third-order valence-corrected chi connectivity index (χ3v) is 2.25. The molecule has 1 aromatic rings. The van der Waals surface area contributed by atoms with Crippen molar-refractivity contribution >= 4 is 5.97 Å². The Morgan fingerprint density at radius 1 is 1.29 bits per heavy atom. The highest BCUT2D eigenvalue weighted by atomic mass is 19.3. The number of aromatic hydroxyl groups is 1. The van der Waals surface area contributed by atoms with Gasteiger partial charge in [-0.3, -0.25) is 0 Å². The van der Waals surface area contributed by atoms with E-state index < -0.39 is 29.5 Å². The van der Waals surface area contributed by atoms with E-state index >= 15 is 0 Å². The summed E-state index contributed by atoms with van der Waals surface area (Å²) in [5, 5.41) is 9.51. The van der Waals surface area contributed by atoms with Gasteiger partial charge in [0, 0.05) is 19.4 Å². The Morgan fingerprint density at radius 2 is 1.94 bits per heavy atom. The van der Waals surface area contributed by atoms with Crippen LogP contribution in [0.5, 0.6) is 11.5 Å². The molecule has 0 aliphatic carbocycles. The number of benzene rings is 1. The highest BCUT2D eigenvalue weighted by Gasteiger charge is 2.36. The largest absolute Gasteiger partial charge is 0.507 e. The number of phenols is 1. The first kappa shape index (κ1) is 11.6. The topological polar surface area (TPSA) is 55.8 Å². The maximum absolute atomic E-state index is 12.5. The molecule has 0 atom stereocenters. The lowest BCUT2D eigenvalue weighted by atomic mass is 10.1. The summed E-state index contributed by atoms with van der Waals surface area (Å²) in [6, 6.07) is 1.86. The van der Waals surface area contributed by atoms with Crippen LogP contribution in [0.1, 0.15) is 36.2 Å². The fraction of sp³-hybridized carbons (Fsp3) is 0.364. The normalized spacial score (nSPS) is 17.4. The third kappa shape index (κ3) is 2.02. The lowest BCUT2D eigenvalue weighted by molar-refractivity contribution is -0.127. The average molecular weight is 244 g/mol. The number of fused-ring (bicyclic) bond motifs is 1. The molecule has 17 heavy (non-hydrogen) atoms. The number of halogens is 2. The Labute approximate surface area is 95.8 Å². The van der Waals surface area contributed by atoms with Crippen LogP contribution in [0.2, 0.25) is 0 Å². The van der Waals surface area contributed by atoms with Crippen molar-refractivity contribution in [3.05, 3.63) is 23.3 Å². The summed E-state index contributed by atoms with van der Waals surface area (Å²) in [6.07, 6.45) is -2.75. The molecule has 0 unspecified atom stereocenters. The molecule has 0 aromatic heterocycles. The molecule has 1 heterocycles. The van der Waals surface area contributed by atoms with Crippen LogP contribution >= 0.6 is 0 Å². The van der Waals surface area contributed by atoms with Gasteiger partial charge < -0.3 is 14.6 Å². The molecule has 0 fully saturated rings. The summed E-state index contributed by atoms with van der Waals surface area (Å²) < 4.78 is 35.1. The summed E-state index contributed by atoms with van der Waals surface area (Å²) in [7, 11) is 0. The van der Waals surface area contributed by atoms with Crippen molar-refractivity contribution in [2.45, 2.75) is 26.1 Å². The van der Waals surface area contributed by atoms with Crippen molar-refractivity contribution < 1.29 is 28.2 Å². The van der Waals surface area contributed by atoms with E-state index in [0.717, 1.165) is 12.1 Å². The van der Waals surface area contributed by atoms with E-state index in [9.17, 15) is 18.7 Å². The van der Waals surface area contributed by atoms with Gasteiger partial charge >= 0.3 is 5.97 Å². The Bertz CT molecular complexity index is 483. The second-order valence-corrected chi connectivity index (χ2v) is 4.11. The van der Waals surface area contributed by atoms with Crippen LogP contribution in [0.4, 0.5) is 8.78 Å². The number of ether oxygens (including phenoxy) is 2. The molecular formula is C11H10F2O4. The van der Waals surface area contributed by atoms with Crippen LogP contribution in [0.15, 0.2) is 12.1 Å². The standard InChI is InChI=1S/C11H10F2O4/c1-11(2)16-7-4-5(9(12)13)3-6(14)8(7)10(15)17-11/h3-4,9,14H,1-2H3. The average Bonchev–Trinajstić information content (AvgIpc) is 2.13. The number of hydrogen-bond acceptors (Lipinski definition) is 4. The van der Waals surface area contributed by atoms with Gasteiger partial charge in [0.25, 0.3) is 6.43 Å². The molecule has 0 bridgehead atoms. The Kier molecular flexibility index (Phi) is 2.45. The van der Waals surface area contributed by atoms with Crippen LogP contribution in [-0.4, -0.2) is 16.9 Å². The summed E-state index contributed by atoms with van der Waals surface area (Å²) in [4.78, 5) is 11.6. The quantitative estimate of drug-likeness (QED) is 0.771. The van der Waals surface area contributed by atoms with E-state index in [2.05, 4.69) is 0 Å². The van der Waals surface area contributed by atoms with Crippen molar-refractivity contribution in [1.82, 2.24) is 0 Å². The Balaban J connectivity index is 2.57. The van der Waals surface area contributed by atoms with Gasteiger partial charge in [-0.25, -0.2) is 13.6 Å². The number of alkyl halides is 2. The van der Waals surface area contributed by atoms with Gasteiger partial charge in [0.1, 0.15) is 17.1 Å². The summed E-state index contributed by atoms with van der Waals surface area (Å²) in [6.45, 7) is 2.94. The molecule has 0 saturated carbocycles. The molecule has 6 heteroatoms. The summed E-state index contributed by atoms with van der Waals surface area (Å²) >= 11 is 0. The predicted molar refractivity (Wildman–Crippen MR) is 53.2 cm³/mol. The smallest absolute Gasteiger partial charge is 0.349 e. The van der Waals surface area contributed by atoms with E-state index in [1.165, 1.54) is 13.8 Å². The van der Waals surface area contributed by atoms with Crippen molar-refractivity contribution in [2.24, 2.45) is 0 Å². The number of cyclic esters (lactones) is 1. The minimum atomic E-state index is -2.75. The van der Waals surface area contributed by atoms with Crippen molar-refractivity contribution in [2.75, 3.05) is 0 Å². The molecule has 2 rings (SSSR count). The molecule has 0 amide bonds. The first-order valence-electron chi connectivity index (χ1n) is 4.87. The lowest BCUT2D eigenvalue weighted by Gasteiger charge is -2.32. The van der Waals surface area contributed by atoms with Crippen LogP contribution in [0, 0.1) is 0 Å². The SMILES string of the molecule is CC1(C)OC(=O)c2c(O)cc(C(F)F)cc2O1. The van der Waals surface area contributed by atoms with Gasteiger partial charge in [-0.05, 0) is 12.1 Å². The number of carbonyl (C=O) groups is 1. The van der Waals surface area contributed by atoms with Crippen LogP contribution in [0.3, 0.4) is 0 Å². The molecule has 0 saturated heterocycles. The van der Waals surface area contributed by atoms with Gasteiger partial charge in [0.05, 0.1) is 0 Å². The molecule has 0 spiro atoms. The molecule has 4 nitrogen and oxygen atoms in total. The fourth-order valence-corrected chi connectivity index (χ4v) is 1.59. The first-order chi connectivity index (χ1) is 7.80. The third-order valence-electron chi connectivity index (χ3n) is 2.25.